The van der Waals surface area contributed by atoms with Crippen LogP contribution < -0.4 is 5.32 Å². The SMILES string of the molecule is CCCNC(c1cccc(C(F)(F)F)c1)C(C)CCC. The third-order valence-electron chi connectivity index (χ3n) is 3.50. The fourth-order valence-corrected chi connectivity index (χ4v) is 2.48. The number of alkyl halides is 3. The molecule has 0 aromatic heterocycles. The van der Waals surface area contributed by atoms with Crippen LogP contribution in [-0.4, -0.2) is 6.54 Å². The molecule has 20 heavy (non-hydrogen) atoms. The molecule has 0 amide bonds. The molecule has 0 bridgehead atoms. The molecule has 1 N–H and O–H groups in total. The second-order valence-electron chi connectivity index (χ2n) is 5.32. The fourth-order valence-electron chi connectivity index (χ4n) is 2.48. The molecular formula is C16H24F3N. The number of hydrogen-bond acceptors (Lipinski definition) is 1. The van der Waals surface area contributed by atoms with E-state index < -0.39 is 11.7 Å². The molecule has 2 atom stereocenters. The number of hydrogen-bond donors (Lipinski definition) is 1. The lowest BCUT2D eigenvalue weighted by Gasteiger charge is -2.26. The van der Waals surface area contributed by atoms with Gasteiger partial charge in [-0.1, -0.05) is 39.3 Å². The minimum absolute atomic E-state index is 0.0165. The van der Waals surface area contributed by atoms with Crippen molar-refractivity contribution in [2.75, 3.05) is 6.54 Å². The van der Waals surface area contributed by atoms with Gasteiger partial charge in [-0.3, -0.25) is 0 Å². The Balaban J connectivity index is 3.00. The maximum Gasteiger partial charge on any atom is 0.416 e. The van der Waals surface area contributed by atoms with Gasteiger partial charge in [0.2, 0.25) is 0 Å². The summed E-state index contributed by atoms with van der Waals surface area (Å²) in [5.41, 5.74) is 0.163. The maximum atomic E-state index is 12.8. The molecule has 114 valence electrons. The Hall–Kier alpha value is -1.03. The highest BCUT2D eigenvalue weighted by molar-refractivity contribution is 5.28. The highest BCUT2D eigenvalue weighted by atomic mass is 19.4. The van der Waals surface area contributed by atoms with Gasteiger partial charge in [0.05, 0.1) is 5.56 Å². The Bertz CT molecular complexity index is 401. The van der Waals surface area contributed by atoms with Crippen molar-refractivity contribution in [1.82, 2.24) is 5.32 Å². The first-order chi connectivity index (χ1) is 9.40. The van der Waals surface area contributed by atoms with Crippen molar-refractivity contribution in [3.05, 3.63) is 35.4 Å². The number of halogens is 3. The molecule has 2 unspecified atom stereocenters. The summed E-state index contributed by atoms with van der Waals surface area (Å²) in [5.74, 6) is 0.315. The van der Waals surface area contributed by atoms with Crippen LogP contribution in [-0.2, 0) is 6.18 Å². The predicted octanol–water partition coefficient (Wildman–Crippen LogP) is 5.18. The van der Waals surface area contributed by atoms with Gasteiger partial charge in [-0.2, -0.15) is 13.2 Å². The van der Waals surface area contributed by atoms with E-state index in [1.807, 2.05) is 0 Å². The molecule has 1 rings (SSSR count). The van der Waals surface area contributed by atoms with Crippen LogP contribution in [0.5, 0.6) is 0 Å². The number of rotatable bonds is 7. The fraction of sp³-hybridized carbons (Fsp3) is 0.625. The zero-order valence-corrected chi connectivity index (χ0v) is 12.4. The quantitative estimate of drug-likeness (QED) is 0.728. The van der Waals surface area contributed by atoms with Crippen molar-refractivity contribution in [3.8, 4) is 0 Å². The van der Waals surface area contributed by atoms with Gasteiger partial charge < -0.3 is 5.32 Å². The van der Waals surface area contributed by atoms with Crippen LogP contribution in [0.4, 0.5) is 13.2 Å². The first kappa shape index (κ1) is 17.0. The van der Waals surface area contributed by atoms with E-state index >= 15 is 0 Å². The lowest BCUT2D eigenvalue weighted by atomic mass is 9.90. The van der Waals surface area contributed by atoms with Gasteiger partial charge in [0.1, 0.15) is 0 Å². The molecule has 0 fully saturated rings. The minimum atomic E-state index is -4.28. The Labute approximate surface area is 119 Å². The van der Waals surface area contributed by atoms with Gasteiger partial charge in [0.25, 0.3) is 0 Å². The van der Waals surface area contributed by atoms with Crippen LogP contribution in [0.1, 0.15) is 57.2 Å². The summed E-state index contributed by atoms with van der Waals surface area (Å²) in [6.45, 7) is 7.06. The smallest absolute Gasteiger partial charge is 0.310 e. The zero-order valence-electron chi connectivity index (χ0n) is 12.4. The van der Waals surface area contributed by atoms with E-state index in [1.54, 1.807) is 6.07 Å². The van der Waals surface area contributed by atoms with Crippen molar-refractivity contribution in [3.63, 3.8) is 0 Å². The van der Waals surface area contributed by atoms with E-state index in [0.717, 1.165) is 37.4 Å². The van der Waals surface area contributed by atoms with Crippen molar-refractivity contribution in [2.24, 2.45) is 5.92 Å². The average Bonchev–Trinajstić information content (AvgIpc) is 2.39. The van der Waals surface area contributed by atoms with Gasteiger partial charge in [-0.25, -0.2) is 0 Å². The average molecular weight is 287 g/mol. The molecule has 0 saturated carbocycles. The molecule has 0 saturated heterocycles. The molecule has 0 radical (unpaired) electrons. The van der Waals surface area contributed by atoms with Crippen LogP contribution in [0.3, 0.4) is 0 Å². The Morgan fingerprint density at radius 2 is 1.85 bits per heavy atom. The molecule has 0 heterocycles. The summed E-state index contributed by atoms with van der Waals surface area (Å²) >= 11 is 0. The molecule has 0 aliphatic heterocycles. The van der Waals surface area contributed by atoms with E-state index in [-0.39, 0.29) is 6.04 Å². The number of benzene rings is 1. The van der Waals surface area contributed by atoms with Crippen molar-refractivity contribution >= 4 is 0 Å². The third-order valence-corrected chi connectivity index (χ3v) is 3.50. The summed E-state index contributed by atoms with van der Waals surface area (Å²) in [4.78, 5) is 0. The Morgan fingerprint density at radius 3 is 2.40 bits per heavy atom. The molecule has 1 aromatic carbocycles. The summed E-state index contributed by atoms with van der Waals surface area (Å²) in [6, 6.07) is 5.67. The zero-order chi connectivity index (χ0) is 15.2. The van der Waals surface area contributed by atoms with Crippen molar-refractivity contribution in [2.45, 2.75) is 52.3 Å². The standard InChI is InChI=1S/C16H24F3N/c1-4-7-12(3)15(20-10-5-2)13-8-6-9-14(11-13)16(17,18)19/h6,8-9,11-12,15,20H,4-5,7,10H2,1-3H3. The second-order valence-corrected chi connectivity index (χ2v) is 5.32. The lowest BCUT2D eigenvalue weighted by Crippen LogP contribution is -2.28. The molecule has 4 heteroatoms. The summed E-state index contributed by atoms with van der Waals surface area (Å²) in [5, 5.41) is 3.38. The van der Waals surface area contributed by atoms with Crippen LogP contribution in [0.25, 0.3) is 0 Å². The maximum absolute atomic E-state index is 12.8. The first-order valence-electron chi connectivity index (χ1n) is 7.30. The summed E-state index contributed by atoms with van der Waals surface area (Å²) < 4.78 is 38.4. The van der Waals surface area contributed by atoms with Gasteiger partial charge in [0, 0.05) is 6.04 Å². The van der Waals surface area contributed by atoms with Gasteiger partial charge in [0.15, 0.2) is 0 Å². The van der Waals surface area contributed by atoms with E-state index in [4.69, 9.17) is 0 Å². The molecule has 0 aliphatic rings. The Morgan fingerprint density at radius 1 is 1.15 bits per heavy atom. The predicted molar refractivity (Wildman–Crippen MR) is 76.6 cm³/mol. The van der Waals surface area contributed by atoms with E-state index in [0.29, 0.717) is 5.92 Å². The van der Waals surface area contributed by atoms with Gasteiger partial charge in [-0.05, 0) is 43.0 Å². The van der Waals surface area contributed by atoms with E-state index in [2.05, 4.69) is 26.1 Å². The molecular weight excluding hydrogens is 263 g/mol. The van der Waals surface area contributed by atoms with Crippen molar-refractivity contribution < 1.29 is 13.2 Å². The van der Waals surface area contributed by atoms with E-state index in [9.17, 15) is 13.2 Å². The molecule has 1 nitrogen and oxygen atoms in total. The lowest BCUT2D eigenvalue weighted by molar-refractivity contribution is -0.137. The second kappa shape index (κ2) is 7.67. The van der Waals surface area contributed by atoms with Crippen LogP contribution in [0.2, 0.25) is 0 Å². The summed E-state index contributed by atoms with van der Waals surface area (Å²) in [7, 11) is 0. The van der Waals surface area contributed by atoms with Crippen LogP contribution in [0.15, 0.2) is 24.3 Å². The highest BCUT2D eigenvalue weighted by Gasteiger charge is 2.31. The van der Waals surface area contributed by atoms with E-state index in [1.165, 1.54) is 12.1 Å². The van der Waals surface area contributed by atoms with Crippen LogP contribution >= 0.6 is 0 Å². The minimum Gasteiger partial charge on any atom is -0.310 e. The molecule has 0 aliphatic carbocycles. The highest BCUT2D eigenvalue weighted by Crippen LogP contribution is 2.33. The van der Waals surface area contributed by atoms with Gasteiger partial charge in [-0.15, -0.1) is 0 Å². The number of nitrogens with one attached hydrogen (secondary N) is 1. The monoisotopic (exact) mass is 287 g/mol. The largest absolute Gasteiger partial charge is 0.416 e. The van der Waals surface area contributed by atoms with Gasteiger partial charge >= 0.3 is 6.18 Å². The summed E-state index contributed by atoms with van der Waals surface area (Å²) in [6.07, 6.45) is -1.28. The van der Waals surface area contributed by atoms with Crippen LogP contribution in [0, 0.1) is 5.92 Å². The third kappa shape index (κ3) is 4.82. The topological polar surface area (TPSA) is 12.0 Å². The normalized spacial score (nSPS) is 15.1. The first-order valence-corrected chi connectivity index (χ1v) is 7.30. The Kier molecular flexibility index (Phi) is 6.53. The molecule has 1 aromatic rings. The van der Waals surface area contributed by atoms with Crippen molar-refractivity contribution in [1.29, 1.82) is 0 Å². The molecule has 0 spiro atoms.